The van der Waals surface area contributed by atoms with Gasteiger partial charge >= 0.3 is 35.8 Å². The quantitative estimate of drug-likeness (QED) is 0.220. The summed E-state index contributed by atoms with van der Waals surface area (Å²) >= 11 is 0. The number of carbonyl (C=O) groups is 6. The van der Waals surface area contributed by atoms with Crippen molar-refractivity contribution < 1.29 is 72.1 Å². The van der Waals surface area contributed by atoms with Crippen LogP contribution in [0, 0.1) is 17.3 Å². The molecule has 0 radical (unpaired) electrons. The average Bonchev–Trinajstić information content (AvgIpc) is 3.68. The molecule has 0 aromatic carbocycles. The van der Waals surface area contributed by atoms with E-state index in [1.54, 1.807) is 0 Å². The SMILES string of the molecule is CC(=O)O[C@H]1[C@@H](OC(C)=O)[C@]2(CO2)[C@@H]2[C@H](OC(C)=O)[C@@]3(O)[C@H](C=C(CO)C=C[C@H](OC(C)=O)[C@@]2(C)[C@H]1OC(C)=O)OC(=O)[C@@H]3C. The van der Waals surface area contributed by atoms with Gasteiger partial charge in [0.25, 0.3) is 0 Å². The van der Waals surface area contributed by atoms with E-state index in [4.69, 9.17) is 33.2 Å². The molecule has 4 rings (SSSR count). The van der Waals surface area contributed by atoms with Crippen molar-refractivity contribution in [2.24, 2.45) is 17.3 Å². The highest BCUT2D eigenvalue weighted by atomic mass is 16.7. The van der Waals surface area contributed by atoms with E-state index in [0.717, 1.165) is 34.6 Å². The van der Waals surface area contributed by atoms with Crippen molar-refractivity contribution in [1.29, 1.82) is 0 Å². The molecule has 0 unspecified atom stereocenters. The van der Waals surface area contributed by atoms with Gasteiger partial charge in [-0.1, -0.05) is 13.0 Å². The molecule has 0 bridgehead atoms. The Morgan fingerprint density at radius 1 is 0.867 bits per heavy atom. The molecule has 1 spiro atoms. The van der Waals surface area contributed by atoms with E-state index in [9.17, 15) is 39.0 Å². The van der Waals surface area contributed by atoms with Crippen LogP contribution >= 0.6 is 0 Å². The predicted molar refractivity (Wildman–Crippen MR) is 146 cm³/mol. The van der Waals surface area contributed by atoms with Gasteiger partial charge < -0.3 is 43.4 Å². The van der Waals surface area contributed by atoms with E-state index in [1.165, 1.54) is 32.1 Å². The zero-order valence-electron chi connectivity index (χ0n) is 26.0. The Morgan fingerprint density at radius 2 is 1.38 bits per heavy atom. The van der Waals surface area contributed by atoms with Gasteiger partial charge in [-0.2, -0.15) is 0 Å². The maximum atomic E-state index is 13.1. The number of aliphatic hydroxyl groups is 2. The van der Waals surface area contributed by atoms with E-state index in [1.807, 2.05) is 0 Å². The molecule has 0 aromatic rings. The minimum Gasteiger partial charge on any atom is -0.459 e. The van der Waals surface area contributed by atoms with Crippen LogP contribution in [0.3, 0.4) is 0 Å². The summed E-state index contributed by atoms with van der Waals surface area (Å²) in [6.07, 6.45) is -5.38. The van der Waals surface area contributed by atoms with Crippen molar-refractivity contribution in [2.45, 2.75) is 96.3 Å². The number of carbonyl (C=O) groups excluding carboxylic acids is 6. The van der Waals surface area contributed by atoms with E-state index in [2.05, 4.69) is 0 Å². The first kappa shape index (κ1) is 34.1. The van der Waals surface area contributed by atoms with E-state index in [-0.39, 0.29) is 12.2 Å². The number of hydrogen-bond donors (Lipinski definition) is 2. The van der Waals surface area contributed by atoms with Gasteiger partial charge in [-0.05, 0) is 24.6 Å². The van der Waals surface area contributed by atoms with Crippen molar-refractivity contribution >= 4 is 35.8 Å². The molecule has 2 N–H and O–H groups in total. The summed E-state index contributed by atoms with van der Waals surface area (Å²) in [4.78, 5) is 76.1. The van der Waals surface area contributed by atoms with Crippen molar-refractivity contribution in [3.05, 3.63) is 23.8 Å². The van der Waals surface area contributed by atoms with Gasteiger partial charge in [-0.25, -0.2) is 0 Å². The molecule has 2 saturated heterocycles. The number of ether oxygens (including phenoxy) is 7. The van der Waals surface area contributed by atoms with Crippen LogP contribution in [0.5, 0.6) is 0 Å². The molecular formula is C30H38O15. The Hall–Kier alpha value is -3.82. The Bertz CT molecular complexity index is 1330. The highest BCUT2D eigenvalue weighted by Gasteiger charge is 2.81. The first-order valence-electron chi connectivity index (χ1n) is 14.4. The number of aliphatic hydroxyl groups excluding tert-OH is 1. The van der Waals surface area contributed by atoms with Crippen LogP contribution < -0.4 is 0 Å². The van der Waals surface area contributed by atoms with Gasteiger partial charge in [-0.3, -0.25) is 28.8 Å². The molecule has 3 fully saturated rings. The number of esters is 6. The Morgan fingerprint density at radius 3 is 1.87 bits per heavy atom. The first-order valence-corrected chi connectivity index (χ1v) is 14.4. The maximum Gasteiger partial charge on any atom is 0.312 e. The standard InChI is InChI=1S/C30H38O15/c1-13-27(37)45-21-10-19(11-31)8-9-20(40-14(2)32)28(7)23(26(30(13,21)38)44-18(6)36)29(12-39-29)25(43-17(5)35)22(41-15(3)33)24(28)42-16(4)34/h8-10,13,20-26,31,38H,11-12H2,1-7H3/t13-,20-,21-,22+,23+,24-,25+,26-,28+,29-,30-/m0/s1. The largest absolute Gasteiger partial charge is 0.459 e. The van der Waals surface area contributed by atoms with Crippen molar-refractivity contribution in [3.8, 4) is 0 Å². The summed E-state index contributed by atoms with van der Waals surface area (Å²) in [5, 5.41) is 22.8. The lowest BCUT2D eigenvalue weighted by atomic mass is 9.51. The van der Waals surface area contributed by atoms with Crippen molar-refractivity contribution in [3.63, 3.8) is 0 Å². The fourth-order valence-corrected chi connectivity index (χ4v) is 7.11. The molecule has 15 heteroatoms. The number of fused-ring (bicyclic) bond motifs is 3. The molecule has 2 aliphatic carbocycles. The normalized spacial score (nSPS) is 40.1. The van der Waals surface area contributed by atoms with Gasteiger partial charge in [0.2, 0.25) is 0 Å². The van der Waals surface area contributed by atoms with Gasteiger partial charge in [0.15, 0.2) is 30.0 Å². The predicted octanol–water partition coefficient (Wildman–Crippen LogP) is -0.169. The van der Waals surface area contributed by atoms with Gasteiger partial charge in [-0.15, -0.1) is 0 Å². The van der Waals surface area contributed by atoms with Gasteiger partial charge in [0.1, 0.15) is 17.8 Å². The molecule has 2 heterocycles. The average molecular weight is 639 g/mol. The summed E-state index contributed by atoms with van der Waals surface area (Å²) in [6.45, 7) is 7.42. The zero-order valence-corrected chi connectivity index (χ0v) is 26.0. The van der Waals surface area contributed by atoms with Crippen molar-refractivity contribution in [2.75, 3.05) is 13.2 Å². The van der Waals surface area contributed by atoms with E-state index < -0.39 is 107 Å². The van der Waals surface area contributed by atoms with E-state index in [0.29, 0.717) is 0 Å². The van der Waals surface area contributed by atoms with Crippen LogP contribution in [0.4, 0.5) is 0 Å². The second-order valence-corrected chi connectivity index (χ2v) is 12.0. The Kier molecular flexibility index (Phi) is 9.21. The minimum atomic E-state index is -2.38. The van der Waals surface area contributed by atoms with Crippen LogP contribution in [-0.2, 0) is 61.9 Å². The molecule has 0 aromatic heterocycles. The number of epoxide rings is 1. The molecule has 45 heavy (non-hydrogen) atoms. The van der Waals surface area contributed by atoms with Crippen LogP contribution in [-0.4, -0.2) is 107 Å². The monoisotopic (exact) mass is 638 g/mol. The third-order valence-electron chi connectivity index (χ3n) is 8.99. The second-order valence-electron chi connectivity index (χ2n) is 12.0. The molecular weight excluding hydrogens is 600 g/mol. The Labute approximate surface area is 258 Å². The number of hydrogen-bond acceptors (Lipinski definition) is 15. The minimum absolute atomic E-state index is 0.118. The summed E-state index contributed by atoms with van der Waals surface area (Å²) in [7, 11) is 0. The van der Waals surface area contributed by atoms with Crippen LogP contribution in [0.15, 0.2) is 23.8 Å². The third-order valence-corrected chi connectivity index (χ3v) is 8.99. The Balaban J connectivity index is 2.17. The smallest absolute Gasteiger partial charge is 0.312 e. The van der Waals surface area contributed by atoms with Gasteiger partial charge in [0.05, 0.1) is 24.5 Å². The highest BCUT2D eigenvalue weighted by Crippen LogP contribution is 2.63. The topological polar surface area (TPSA) is 211 Å². The van der Waals surface area contributed by atoms with E-state index >= 15 is 0 Å². The zero-order chi connectivity index (χ0) is 33.6. The summed E-state index contributed by atoms with van der Waals surface area (Å²) in [5.74, 6) is -7.91. The molecule has 248 valence electrons. The lowest BCUT2D eigenvalue weighted by Crippen LogP contribution is -2.76. The van der Waals surface area contributed by atoms with Crippen molar-refractivity contribution in [1.82, 2.24) is 0 Å². The molecule has 2 aliphatic heterocycles. The summed E-state index contributed by atoms with van der Waals surface area (Å²) in [5.41, 5.74) is -5.83. The maximum absolute atomic E-state index is 13.1. The molecule has 1 saturated carbocycles. The molecule has 0 amide bonds. The molecule has 11 atom stereocenters. The number of rotatable bonds is 6. The lowest BCUT2D eigenvalue weighted by molar-refractivity contribution is -0.279. The second kappa shape index (κ2) is 12.2. The van der Waals surface area contributed by atoms with Crippen LogP contribution in [0.2, 0.25) is 0 Å². The van der Waals surface area contributed by atoms with Crippen LogP contribution in [0.25, 0.3) is 0 Å². The lowest BCUT2D eigenvalue weighted by Gasteiger charge is -2.59. The highest BCUT2D eigenvalue weighted by molar-refractivity contribution is 5.78. The summed E-state index contributed by atoms with van der Waals surface area (Å²) in [6, 6.07) is 0. The van der Waals surface area contributed by atoms with Gasteiger partial charge in [0, 0.05) is 40.5 Å². The third kappa shape index (κ3) is 5.84. The fraction of sp³-hybridized carbons (Fsp3) is 0.667. The molecule has 4 aliphatic rings. The first-order chi connectivity index (χ1) is 20.9. The summed E-state index contributed by atoms with van der Waals surface area (Å²) < 4.78 is 40.4. The van der Waals surface area contributed by atoms with Crippen LogP contribution in [0.1, 0.15) is 48.5 Å². The fourth-order valence-electron chi connectivity index (χ4n) is 7.11. The molecule has 15 nitrogen and oxygen atoms in total.